The van der Waals surface area contributed by atoms with E-state index in [1.165, 1.54) is 0 Å². The molecule has 0 bridgehead atoms. The Morgan fingerprint density at radius 3 is 2.68 bits per heavy atom. The number of hydrogen-bond acceptors (Lipinski definition) is 3. The number of fused-ring (bicyclic) bond motifs is 1. The van der Waals surface area contributed by atoms with Crippen LogP contribution in [-0.2, 0) is 4.79 Å². The van der Waals surface area contributed by atoms with Crippen molar-refractivity contribution >= 4 is 5.78 Å². The van der Waals surface area contributed by atoms with Crippen molar-refractivity contribution in [2.24, 2.45) is 29.1 Å². The molecule has 1 fully saturated rings. The Hall–Kier alpha value is -0.670. The van der Waals surface area contributed by atoms with E-state index < -0.39 is 18.1 Å². The number of carbonyl (C=O) groups is 1. The van der Waals surface area contributed by atoms with Crippen LogP contribution in [0.15, 0.2) is 12.2 Å². The van der Waals surface area contributed by atoms with Gasteiger partial charge in [0.1, 0.15) is 6.10 Å². The van der Waals surface area contributed by atoms with Gasteiger partial charge in [0.25, 0.3) is 0 Å². The molecular weight excluding hydrogens is 240 g/mol. The van der Waals surface area contributed by atoms with Crippen molar-refractivity contribution in [1.29, 1.82) is 0 Å². The molecule has 2 rings (SSSR count). The summed E-state index contributed by atoms with van der Waals surface area (Å²) in [6.07, 6.45) is 6.48. The first-order valence-electron chi connectivity index (χ1n) is 7.42. The molecule has 2 N–H and O–H groups in total. The van der Waals surface area contributed by atoms with E-state index in [1.807, 2.05) is 13.8 Å². The molecule has 2 aliphatic carbocycles. The summed E-state index contributed by atoms with van der Waals surface area (Å²) in [5.74, 6) is 1.39. The predicted molar refractivity (Wildman–Crippen MR) is 74.5 cm³/mol. The normalized spacial score (nSPS) is 43.6. The summed E-state index contributed by atoms with van der Waals surface area (Å²) in [6, 6.07) is 0. The molecule has 0 spiro atoms. The van der Waals surface area contributed by atoms with Crippen molar-refractivity contribution in [3.63, 3.8) is 0 Å². The second-order valence-corrected chi connectivity index (χ2v) is 6.71. The van der Waals surface area contributed by atoms with Crippen molar-refractivity contribution in [3.05, 3.63) is 12.2 Å². The second-order valence-electron chi connectivity index (χ2n) is 6.71. The monoisotopic (exact) mass is 266 g/mol. The summed E-state index contributed by atoms with van der Waals surface area (Å²) in [4.78, 5) is 12.6. The summed E-state index contributed by atoms with van der Waals surface area (Å²) < 4.78 is 0. The van der Waals surface area contributed by atoms with Crippen LogP contribution < -0.4 is 0 Å². The molecular formula is C16H26O3. The molecule has 0 aromatic rings. The number of Topliss-reactive ketones (excluding diaryl/α,β-unsaturated/α-hetero) is 1. The molecule has 19 heavy (non-hydrogen) atoms. The second kappa shape index (κ2) is 5.37. The number of ketones is 1. The largest absolute Gasteiger partial charge is 0.393 e. The highest BCUT2D eigenvalue weighted by Gasteiger charge is 2.51. The molecule has 0 radical (unpaired) electrons. The highest BCUT2D eigenvalue weighted by Crippen LogP contribution is 2.52. The van der Waals surface area contributed by atoms with Crippen LogP contribution >= 0.6 is 0 Å². The Morgan fingerprint density at radius 1 is 1.37 bits per heavy atom. The van der Waals surface area contributed by atoms with Gasteiger partial charge in [-0.25, -0.2) is 0 Å². The van der Waals surface area contributed by atoms with E-state index in [2.05, 4.69) is 19.1 Å². The fourth-order valence-electron chi connectivity index (χ4n) is 4.08. The SMILES string of the molecule is C[C@@H]1CC[C@H]2[C@@H](C=C[C@H](C)[C@]2(C)C(=O)C(O)CO)C1. The minimum absolute atomic E-state index is 0.121. The van der Waals surface area contributed by atoms with E-state index in [4.69, 9.17) is 5.11 Å². The van der Waals surface area contributed by atoms with Crippen molar-refractivity contribution < 1.29 is 15.0 Å². The van der Waals surface area contributed by atoms with Crippen LogP contribution in [0, 0.1) is 29.1 Å². The molecule has 0 amide bonds. The van der Waals surface area contributed by atoms with E-state index in [0.29, 0.717) is 17.8 Å². The molecule has 3 nitrogen and oxygen atoms in total. The highest BCUT2D eigenvalue weighted by molar-refractivity contribution is 5.89. The van der Waals surface area contributed by atoms with Gasteiger partial charge >= 0.3 is 0 Å². The van der Waals surface area contributed by atoms with E-state index in [-0.39, 0.29) is 11.7 Å². The molecule has 108 valence electrons. The van der Waals surface area contributed by atoms with Crippen LogP contribution in [0.5, 0.6) is 0 Å². The molecule has 0 saturated heterocycles. The van der Waals surface area contributed by atoms with Crippen molar-refractivity contribution in [2.75, 3.05) is 6.61 Å². The van der Waals surface area contributed by atoms with Crippen molar-refractivity contribution in [1.82, 2.24) is 0 Å². The van der Waals surface area contributed by atoms with Gasteiger partial charge in [0, 0.05) is 5.41 Å². The maximum absolute atomic E-state index is 12.6. The first kappa shape index (κ1) is 14.7. The fourth-order valence-corrected chi connectivity index (χ4v) is 4.08. The Kier molecular flexibility index (Phi) is 4.17. The average Bonchev–Trinajstić information content (AvgIpc) is 2.41. The van der Waals surface area contributed by atoms with Crippen molar-refractivity contribution in [2.45, 2.75) is 46.1 Å². The Balaban J connectivity index is 2.31. The zero-order valence-corrected chi connectivity index (χ0v) is 12.2. The molecule has 1 saturated carbocycles. The summed E-state index contributed by atoms with van der Waals surface area (Å²) in [7, 11) is 0. The van der Waals surface area contributed by atoms with Gasteiger partial charge in [-0.05, 0) is 36.5 Å². The van der Waals surface area contributed by atoms with Gasteiger partial charge < -0.3 is 10.2 Å². The van der Waals surface area contributed by atoms with E-state index in [1.54, 1.807) is 0 Å². The lowest BCUT2D eigenvalue weighted by atomic mass is 9.53. The lowest BCUT2D eigenvalue weighted by Gasteiger charge is -2.50. The fraction of sp³-hybridized carbons (Fsp3) is 0.812. The molecule has 6 atom stereocenters. The molecule has 0 heterocycles. The van der Waals surface area contributed by atoms with Gasteiger partial charge in [-0.1, -0.05) is 39.3 Å². The van der Waals surface area contributed by atoms with Crippen LogP contribution in [0.25, 0.3) is 0 Å². The first-order valence-corrected chi connectivity index (χ1v) is 7.42. The van der Waals surface area contributed by atoms with Gasteiger partial charge in [0.2, 0.25) is 0 Å². The summed E-state index contributed by atoms with van der Waals surface area (Å²) in [5.41, 5.74) is -0.540. The lowest BCUT2D eigenvalue weighted by molar-refractivity contribution is -0.147. The first-order chi connectivity index (χ1) is 8.91. The maximum Gasteiger partial charge on any atom is 0.170 e. The lowest BCUT2D eigenvalue weighted by Crippen LogP contribution is -2.52. The van der Waals surface area contributed by atoms with Crippen LogP contribution in [0.1, 0.15) is 40.0 Å². The molecule has 0 aromatic heterocycles. The molecule has 0 aromatic carbocycles. The van der Waals surface area contributed by atoms with E-state index in [0.717, 1.165) is 19.3 Å². The summed E-state index contributed by atoms with van der Waals surface area (Å²) in [5, 5.41) is 18.9. The standard InChI is InChI=1S/C16H26O3/c1-10-4-7-13-12(8-10)6-5-11(2)16(13,3)15(19)14(18)9-17/h5-6,10-14,17-18H,4,7-9H2,1-3H3/t10-,11+,12+,13+,14?,16+/m1/s1. The van der Waals surface area contributed by atoms with Crippen molar-refractivity contribution in [3.8, 4) is 0 Å². The number of carbonyl (C=O) groups excluding carboxylic acids is 1. The smallest absolute Gasteiger partial charge is 0.170 e. The van der Waals surface area contributed by atoms with Gasteiger partial charge in [-0.15, -0.1) is 0 Å². The zero-order valence-electron chi connectivity index (χ0n) is 12.2. The number of aliphatic hydroxyl groups excluding tert-OH is 2. The number of aliphatic hydroxyl groups is 2. The van der Waals surface area contributed by atoms with E-state index >= 15 is 0 Å². The maximum atomic E-state index is 12.6. The summed E-state index contributed by atoms with van der Waals surface area (Å²) in [6.45, 7) is 5.82. The highest BCUT2D eigenvalue weighted by atomic mass is 16.3. The minimum Gasteiger partial charge on any atom is -0.393 e. The third-order valence-electron chi connectivity index (χ3n) is 5.53. The van der Waals surface area contributed by atoms with Gasteiger partial charge in [0.15, 0.2) is 5.78 Å². The Morgan fingerprint density at radius 2 is 2.05 bits per heavy atom. The van der Waals surface area contributed by atoms with Crippen LogP contribution in [0.4, 0.5) is 0 Å². The van der Waals surface area contributed by atoms with Crippen LogP contribution in [0.3, 0.4) is 0 Å². The van der Waals surface area contributed by atoms with Gasteiger partial charge in [-0.2, -0.15) is 0 Å². The molecule has 3 heteroatoms. The predicted octanol–water partition coefficient (Wildman–Crippen LogP) is 2.17. The number of rotatable bonds is 3. The van der Waals surface area contributed by atoms with Crippen LogP contribution in [0.2, 0.25) is 0 Å². The molecule has 2 aliphatic rings. The zero-order chi connectivity index (χ0) is 14.2. The molecule has 1 unspecified atom stereocenters. The average molecular weight is 266 g/mol. The minimum atomic E-state index is -1.24. The third-order valence-corrected chi connectivity index (χ3v) is 5.53. The van der Waals surface area contributed by atoms with Gasteiger partial charge in [0.05, 0.1) is 6.61 Å². The Bertz CT molecular complexity index is 376. The topological polar surface area (TPSA) is 57.5 Å². The number of hydrogen-bond donors (Lipinski definition) is 2. The molecule has 0 aliphatic heterocycles. The van der Waals surface area contributed by atoms with Gasteiger partial charge in [-0.3, -0.25) is 4.79 Å². The summed E-state index contributed by atoms with van der Waals surface area (Å²) >= 11 is 0. The Labute approximate surface area is 115 Å². The van der Waals surface area contributed by atoms with E-state index in [9.17, 15) is 9.90 Å². The number of allylic oxidation sites excluding steroid dienone is 2. The third kappa shape index (κ3) is 2.38. The quantitative estimate of drug-likeness (QED) is 0.770. The van der Waals surface area contributed by atoms with Crippen LogP contribution in [-0.4, -0.2) is 28.7 Å².